The van der Waals surface area contributed by atoms with Crippen LogP contribution in [-0.4, -0.2) is 24.1 Å². The summed E-state index contributed by atoms with van der Waals surface area (Å²) in [5.41, 5.74) is -1.37. The van der Waals surface area contributed by atoms with E-state index in [1.807, 2.05) is 0 Å². The molecule has 1 saturated carbocycles. The first-order chi connectivity index (χ1) is 8.25. The number of Topliss-reactive ketones (excluding diaryl/α,β-unsaturated/α-hetero) is 2. The van der Waals surface area contributed by atoms with Crippen LogP contribution in [0.1, 0.15) is 34.1 Å². The Bertz CT molecular complexity index is 472. The van der Waals surface area contributed by atoms with E-state index in [2.05, 4.69) is 0 Å². The Morgan fingerprint density at radius 1 is 1.39 bits per heavy atom. The van der Waals surface area contributed by atoms with Crippen LogP contribution < -0.4 is 0 Å². The fraction of sp³-hybridized carbons (Fsp3) is 0.643. The van der Waals surface area contributed by atoms with Crippen LogP contribution in [0.15, 0.2) is 11.6 Å². The Morgan fingerprint density at radius 2 is 2.00 bits per heavy atom. The van der Waals surface area contributed by atoms with Crippen molar-refractivity contribution in [3.63, 3.8) is 0 Å². The second-order valence-electron chi connectivity index (χ2n) is 5.80. The topological polar surface area (TPSA) is 60.4 Å². The first-order valence-corrected chi connectivity index (χ1v) is 6.22. The average Bonchev–Trinajstić information content (AvgIpc) is 2.25. The van der Waals surface area contributed by atoms with Crippen molar-refractivity contribution in [1.82, 2.24) is 0 Å². The van der Waals surface area contributed by atoms with Gasteiger partial charge in [-0.25, -0.2) is 4.79 Å². The molecule has 2 atom stereocenters. The van der Waals surface area contributed by atoms with Gasteiger partial charge in [0.05, 0.1) is 12.0 Å². The van der Waals surface area contributed by atoms with Crippen molar-refractivity contribution >= 4 is 17.5 Å². The summed E-state index contributed by atoms with van der Waals surface area (Å²) in [6.45, 7) is 7.20. The molecule has 0 aromatic heterocycles. The highest BCUT2D eigenvalue weighted by Crippen LogP contribution is 2.54. The van der Waals surface area contributed by atoms with Gasteiger partial charge in [0.2, 0.25) is 0 Å². The smallest absolute Gasteiger partial charge is 0.334 e. The van der Waals surface area contributed by atoms with Crippen LogP contribution in [0.2, 0.25) is 0 Å². The second-order valence-corrected chi connectivity index (χ2v) is 5.80. The molecule has 3 aliphatic carbocycles. The summed E-state index contributed by atoms with van der Waals surface area (Å²) in [7, 11) is 0. The summed E-state index contributed by atoms with van der Waals surface area (Å²) in [5, 5.41) is 0. The van der Waals surface area contributed by atoms with Crippen molar-refractivity contribution in [2.75, 3.05) is 6.61 Å². The molecule has 0 aromatic carbocycles. The number of rotatable bonds is 2. The Hall–Kier alpha value is -1.45. The van der Waals surface area contributed by atoms with E-state index in [4.69, 9.17) is 4.74 Å². The predicted molar refractivity (Wildman–Crippen MR) is 64.7 cm³/mol. The van der Waals surface area contributed by atoms with Crippen LogP contribution in [0, 0.1) is 16.7 Å². The molecule has 4 nitrogen and oxygen atoms in total. The maximum absolute atomic E-state index is 12.5. The van der Waals surface area contributed by atoms with E-state index in [1.54, 1.807) is 33.8 Å². The molecule has 0 aromatic rings. The SMILES string of the molecule is CCOC(=O)C1=C[C@@H]2C(=O)C[C@@]1(C)C(=O)C2(C)C. The molecule has 0 N–H and O–H groups in total. The van der Waals surface area contributed by atoms with Gasteiger partial charge in [-0.3, -0.25) is 9.59 Å². The number of allylic oxidation sites excluding steroid dienone is 1. The number of fused-ring (bicyclic) bond motifs is 2. The lowest BCUT2D eigenvalue weighted by molar-refractivity contribution is -0.155. The van der Waals surface area contributed by atoms with E-state index in [-0.39, 0.29) is 24.6 Å². The summed E-state index contributed by atoms with van der Waals surface area (Å²) in [4.78, 5) is 36.4. The van der Waals surface area contributed by atoms with Crippen molar-refractivity contribution < 1.29 is 19.1 Å². The zero-order valence-corrected chi connectivity index (χ0v) is 11.2. The number of ketones is 2. The van der Waals surface area contributed by atoms with Gasteiger partial charge in [-0.05, 0) is 13.8 Å². The molecule has 4 heteroatoms. The largest absolute Gasteiger partial charge is 0.463 e. The Morgan fingerprint density at radius 3 is 2.56 bits per heavy atom. The van der Waals surface area contributed by atoms with Crippen molar-refractivity contribution in [2.24, 2.45) is 16.7 Å². The van der Waals surface area contributed by atoms with Gasteiger partial charge < -0.3 is 4.74 Å². The van der Waals surface area contributed by atoms with E-state index >= 15 is 0 Å². The Labute approximate surface area is 106 Å². The van der Waals surface area contributed by atoms with Gasteiger partial charge in [0.25, 0.3) is 0 Å². The van der Waals surface area contributed by atoms with Gasteiger partial charge in [-0.15, -0.1) is 0 Å². The van der Waals surface area contributed by atoms with Crippen molar-refractivity contribution in [1.29, 1.82) is 0 Å². The lowest BCUT2D eigenvalue weighted by atomic mass is 9.51. The zero-order valence-electron chi connectivity index (χ0n) is 11.2. The van der Waals surface area contributed by atoms with Crippen molar-refractivity contribution in [3.05, 3.63) is 11.6 Å². The van der Waals surface area contributed by atoms with Crippen LogP contribution in [0.25, 0.3) is 0 Å². The van der Waals surface area contributed by atoms with Gasteiger partial charge in [0.1, 0.15) is 11.6 Å². The van der Waals surface area contributed by atoms with Crippen LogP contribution in [0.3, 0.4) is 0 Å². The Kier molecular flexibility index (Phi) is 2.72. The highest BCUT2D eigenvalue weighted by molar-refractivity contribution is 6.12. The fourth-order valence-electron chi connectivity index (χ4n) is 3.17. The van der Waals surface area contributed by atoms with Crippen LogP contribution >= 0.6 is 0 Å². The molecule has 18 heavy (non-hydrogen) atoms. The molecule has 0 spiro atoms. The molecular formula is C14H18O4. The van der Waals surface area contributed by atoms with Gasteiger partial charge in [0, 0.05) is 23.3 Å². The quantitative estimate of drug-likeness (QED) is 0.700. The van der Waals surface area contributed by atoms with Gasteiger partial charge in [-0.1, -0.05) is 19.9 Å². The third-order valence-electron chi connectivity index (χ3n) is 4.16. The van der Waals surface area contributed by atoms with Crippen LogP contribution in [0.5, 0.6) is 0 Å². The zero-order chi connectivity index (χ0) is 13.7. The van der Waals surface area contributed by atoms with E-state index in [0.29, 0.717) is 5.57 Å². The van der Waals surface area contributed by atoms with E-state index < -0.39 is 22.7 Å². The normalized spacial score (nSPS) is 33.3. The van der Waals surface area contributed by atoms with E-state index in [1.165, 1.54) is 0 Å². The minimum absolute atomic E-state index is 0.0369. The maximum Gasteiger partial charge on any atom is 0.334 e. The average molecular weight is 250 g/mol. The Balaban J connectivity index is 2.53. The molecule has 3 aliphatic rings. The van der Waals surface area contributed by atoms with Gasteiger partial charge >= 0.3 is 5.97 Å². The van der Waals surface area contributed by atoms with Crippen LogP contribution in [-0.2, 0) is 19.1 Å². The molecule has 2 bridgehead atoms. The number of carbonyl (C=O) groups excluding carboxylic acids is 3. The second kappa shape index (κ2) is 3.77. The third kappa shape index (κ3) is 1.48. The first kappa shape index (κ1) is 13.0. The number of hydrogen-bond donors (Lipinski definition) is 0. The summed E-state index contributed by atoms with van der Waals surface area (Å²) in [6, 6.07) is 0. The highest BCUT2D eigenvalue weighted by Gasteiger charge is 2.60. The summed E-state index contributed by atoms with van der Waals surface area (Å²) in [6.07, 6.45) is 1.76. The molecular weight excluding hydrogens is 232 g/mol. The van der Waals surface area contributed by atoms with Gasteiger partial charge in [0.15, 0.2) is 0 Å². The molecule has 3 rings (SSSR count). The molecule has 0 heterocycles. The number of esters is 1. The number of ether oxygens (including phenoxy) is 1. The van der Waals surface area contributed by atoms with Gasteiger partial charge in [-0.2, -0.15) is 0 Å². The molecule has 0 saturated heterocycles. The fourth-order valence-corrected chi connectivity index (χ4v) is 3.17. The standard InChI is InChI=1S/C14H18O4/c1-5-18-11(16)9-6-8-10(15)7-14(9,4)12(17)13(8,2)3/h6,8H,5,7H2,1-4H3/t8-,14-/m1/s1. The summed E-state index contributed by atoms with van der Waals surface area (Å²) >= 11 is 0. The lowest BCUT2D eigenvalue weighted by Gasteiger charge is -2.49. The number of hydrogen-bond acceptors (Lipinski definition) is 4. The molecule has 0 radical (unpaired) electrons. The molecule has 98 valence electrons. The van der Waals surface area contributed by atoms with E-state index in [0.717, 1.165) is 0 Å². The lowest BCUT2D eigenvalue weighted by Crippen LogP contribution is -2.57. The minimum atomic E-state index is -1.01. The summed E-state index contributed by atoms with van der Waals surface area (Å²) in [5.74, 6) is -0.965. The maximum atomic E-state index is 12.5. The molecule has 1 fully saturated rings. The summed E-state index contributed by atoms with van der Waals surface area (Å²) < 4.78 is 4.98. The van der Waals surface area contributed by atoms with Crippen molar-refractivity contribution in [2.45, 2.75) is 34.1 Å². The highest BCUT2D eigenvalue weighted by atomic mass is 16.5. The molecule has 0 unspecified atom stereocenters. The van der Waals surface area contributed by atoms with Crippen LogP contribution in [0.4, 0.5) is 0 Å². The van der Waals surface area contributed by atoms with E-state index in [9.17, 15) is 14.4 Å². The number of carbonyl (C=O) groups is 3. The third-order valence-corrected chi connectivity index (χ3v) is 4.16. The molecule has 0 aliphatic heterocycles. The monoisotopic (exact) mass is 250 g/mol. The predicted octanol–water partition coefficient (Wildman–Crippen LogP) is 1.68. The van der Waals surface area contributed by atoms with Crippen molar-refractivity contribution in [3.8, 4) is 0 Å². The first-order valence-electron chi connectivity index (χ1n) is 6.22. The molecule has 0 amide bonds. The minimum Gasteiger partial charge on any atom is -0.463 e.